The lowest BCUT2D eigenvalue weighted by Gasteiger charge is -2.35. The van der Waals surface area contributed by atoms with Crippen LogP contribution in [0.25, 0.3) is 0 Å². The van der Waals surface area contributed by atoms with Crippen molar-refractivity contribution >= 4 is 31.6 Å². The summed E-state index contributed by atoms with van der Waals surface area (Å²) in [5.41, 5.74) is 0.502. The summed E-state index contributed by atoms with van der Waals surface area (Å²) < 4.78 is 47.7. The van der Waals surface area contributed by atoms with Crippen LogP contribution in [0, 0.1) is 5.82 Å². The molecule has 1 aliphatic heterocycles. The number of benzene rings is 2. The molecule has 0 amide bonds. The summed E-state index contributed by atoms with van der Waals surface area (Å²) in [5, 5.41) is 0. The van der Waals surface area contributed by atoms with Gasteiger partial charge in [0.15, 0.2) is 0 Å². The zero-order valence-electron chi connectivity index (χ0n) is 14.4. The normalized spacial score (nSPS) is 15.9. The van der Waals surface area contributed by atoms with Crippen molar-refractivity contribution in [1.29, 1.82) is 0 Å². The Hall–Kier alpha value is -1.64. The average Bonchev–Trinajstić information content (AvgIpc) is 2.64. The van der Waals surface area contributed by atoms with E-state index in [1.165, 1.54) is 10.4 Å². The SMILES string of the molecule is CCOc1ccc(Br)cc1S(=O)(=O)N1CCN(c2ccccc2F)CC1. The van der Waals surface area contributed by atoms with E-state index in [9.17, 15) is 12.8 Å². The molecule has 1 fully saturated rings. The van der Waals surface area contributed by atoms with Crippen LogP contribution in [0.2, 0.25) is 0 Å². The van der Waals surface area contributed by atoms with Gasteiger partial charge in [-0.3, -0.25) is 0 Å². The van der Waals surface area contributed by atoms with E-state index in [0.29, 0.717) is 35.6 Å². The molecule has 0 unspecified atom stereocenters. The number of halogens is 2. The summed E-state index contributed by atoms with van der Waals surface area (Å²) in [4.78, 5) is 2.01. The van der Waals surface area contributed by atoms with Crippen LogP contribution in [0.3, 0.4) is 0 Å². The molecular formula is C18H20BrFN2O3S. The molecule has 2 aromatic carbocycles. The largest absolute Gasteiger partial charge is 0.492 e. The zero-order valence-corrected chi connectivity index (χ0v) is 16.8. The number of para-hydroxylation sites is 1. The minimum absolute atomic E-state index is 0.146. The number of anilines is 1. The number of hydrogen-bond donors (Lipinski definition) is 0. The molecule has 1 aliphatic rings. The van der Waals surface area contributed by atoms with E-state index in [4.69, 9.17) is 4.74 Å². The van der Waals surface area contributed by atoms with Gasteiger partial charge in [-0.05, 0) is 37.3 Å². The van der Waals surface area contributed by atoms with Crippen molar-refractivity contribution in [1.82, 2.24) is 4.31 Å². The molecule has 5 nitrogen and oxygen atoms in total. The van der Waals surface area contributed by atoms with Crippen molar-refractivity contribution in [2.24, 2.45) is 0 Å². The van der Waals surface area contributed by atoms with Crippen LogP contribution in [0.5, 0.6) is 5.75 Å². The molecule has 140 valence electrons. The standard InChI is InChI=1S/C18H20BrFN2O3S/c1-2-25-17-8-7-14(19)13-18(17)26(23,24)22-11-9-21(10-12-22)16-6-4-3-5-15(16)20/h3-8,13H,2,9-12H2,1H3. The van der Waals surface area contributed by atoms with Gasteiger partial charge in [-0.2, -0.15) is 4.31 Å². The zero-order chi connectivity index (χ0) is 18.7. The molecule has 0 saturated carbocycles. The highest BCUT2D eigenvalue weighted by Gasteiger charge is 2.31. The van der Waals surface area contributed by atoms with Crippen LogP contribution in [0.15, 0.2) is 51.8 Å². The first kappa shape index (κ1) is 19.1. The maximum Gasteiger partial charge on any atom is 0.246 e. The molecule has 3 rings (SSSR count). The van der Waals surface area contributed by atoms with Gasteiger partial charge in [-0.1, -0.05) is 28.1 Å². The van der Waals surface area contributed by atoms with Crippen LogP contribution in [-0.2, 0) is 10.0 Å². The van der Waals surface area contributed by atoms with E-state index in [1.807, 2.05) is 11.8 Å². The predicted molar refractivity (Wildman–Crippen MR) is 103 cm³/mol. The lowest BCUT2D eigenvalue weighted by molar-refractivity contribution is 0.327. The number of piperazine rings is 1. The summed E-state index contributed by atoms with van der Waals surface area (Å²) >= 11 is 3.32. The van der Waals surface area contributed by atoms with Crippen molar-refractivity contribution in [3.8, 4) is 5.75 Å². The monoisotopic (exact) mass is 442 g/mol. The topological polar surface area (TPSA) is 49.9 Å². The van der Waals surface area contributed by atoms with Gasteiger partial charge in [0.05, 0.1) is 12.3 Å². The first-order chi connectivity index (χ1) is 12.4. The maximum absolute atomic E-state index is 14.0. The summed E-state index contributed by atoms with van der Waals surface area (Å²) in [6.07, 6.45) is 0. The van der Waals surface area contributed by atoms with Crippen LogP contribution in [-0.4, -0.2) is 45.5 Å². The molecule has 0 spiro atoms. The number of rotatable bonds is 5. The van der Waals surface area contributed by atoms with Gasteiger partial charge in [-0.25, -0.2) is 12.8 Å². The Morgan fingerprint density at radius 3 is 2.46 bits per heavy atom. The van der Waals surface area contributed by atoms with E-state index in [1.54, 1.807) is 36.4 Å². The Morgan fingerprint density at radius 1 is 1.12 bits per heavy atom. The van der Waals surface area contributed by atoms with Crippen LogP contribution in [0.4, 0.5) is 10.1 Å². The van der Waals surface area contributed by atoms with Crippen molar-refractivity contribution in [2.75, 3.05) is 37.7 Å². The number of hydrogen-bond acceptors (Lipinski definition) is 4. The Bertz CT molecular complexity index is 884. The van der Waals surface area contributed by atoms with Crippen molar-refractivity contribution < 1.29 is 17.5 Å². The number of sulfonamides is 1. The summed E-state index contributed by atoms with van der Waals surface area (Å²) in [6.45, 7) is 3.62. The maximum atomic E-state index is 14.0. The average molecular weight is 443 g/mol. The van der Waals surface area contributed by atoms with Crippen molar-refractivity contribution in [3.05, 3.63) is 52.8 Å². The third-order valence-electron chi connectivity index (χ3n) is 4.26. The van der Waals surface area contributed by atoms with Gasteiger partial charge < -0.3 is 9.64 Å². The smallest absolute Gasteiger partial charge is 0.246 e. The predicted octanol–water partition coefficient (Wildman–Crippen LogP) is 3.50. The fourth-order valence-corrected chi connectivity index (χ4v) is 5.07. The molecule has 0 bridgehead atoms. The van der Waals surface area contributed by atoms with E-state index in [0.717, 1.165) is 0 Å². The first-order valence-electron chi connectivity index (χ1n) is 8.35. The summed E-state index contributed by atoms with van der Waals surface area (Å²) in [6, 6.07) is 11.5. The second-order valence-corrected chi connectivity index (χ2v) is 8.69. The fourth-order valence-electron chi connectivity index (χ4n) is 2.97. The highest BCUT2D eigenvalue weighted by Crippen LogP contribution is 2.31. The fraction of sp³-hybridized carbons (Fsp3) is 0.333. The third kappa shape index (κ3) is 3.87. The highest BCUT2D eigenvalue weighted by atomic mass is 79.9. The highest BCUT2D eigenvalue weighted by molar-refractivity contribution is 9.10. The van der Waals surface area contributed by atoms with Gasteiger partial charge in [0.2, 0.25) is 10.0 Å². The summed E-state index contributed by atoms with van der Waals surface area (Å²) in [7, 11) is -3.70. The van der Waals surface area contributed by atoms with Gasteiger partial charge in [0.25, 0.3) is 0 Å². The molecular weight excluding hydrogens is 423 g/mol. The Labute approximate surface area is 161 Å². The van der Waals surface area contributed by atoms with Gasteiger partial charge in [0, 0.05) is 30.7 Å². The number of ether oxygens (including phenoxy) is 1. The van der Waals surface area contributed by atoms with Crippen LogP contribution in [0.1, 0.15) is 6.92 Å². The molecule has 8 heteroatoms. The van der Waals surface area contributed by atoms with E-state index < -0.39 is 10.0 Å². The Balaban J connectivity index is 1.81. The van der Waals surface area contributed by atoms with E-state index in [2.05, 4.69) is 15.9 Å². The lowest BCUT2D eigenvalue weighted by Crippen LogP contribution is -2.49. The summed E-state index contributed by atoms with van der Waals surface area (Å²) in [5.74, 6) is 0.0432. The van der Waals surface area contributed by atoms with E-state index in [-0.39, 0.29) is 23.8 Å². The minimum atomic E-state index is -3.70. The van der Waals surface area contributed by atoms with Crippen molar-refractivity contribution in [2.45, 2.75) is 11.8 Å². The quantitative estimate of drug-likeness (QED) is 0.710. The van der Waals surface area contributed by atoms with Gasteiger partial charge in [-0.15, -0.1) is 0 Å². The molecule has 0 N–H and O–H groups in total. The molecule has 0 atom stereocenters. The first-order valence-corrected chi connectivity index (χ1v) is 10.6. The van der Waals surface area contributed by atoms with Gasteiger partial charge in [0.1, 0.15) is 16.5 Å². The Kier molecular flexibility index (Phi) is 5.84. The molecule has 0 aliphatic carbocycles. The molecule has 2 aromatic rings. The second-order valence-electron chi connectivity index (χ2n) is 5.87. The van der Waals surface area contributed by atoms with Gasteiger partial charge >= 0.3 is 0 Å². The molecule has 1 saturated heterocycles. The van der Waals surface area contributed by atoms with E-state index >= 15 is 0 Å². The molecule has 0 radical (unpaired) electrons. The second kappa shape index (κ2) is 7.94. The Morgan fingerprint density at radius 2 is 1.81 bits per heavy atom. The minimum Gasteiger partial charge on any atom is -0.492 e. The third-order valence-corrected chi connectivity index (χ3v) is 6.67. The van der Waals surface area contributed by atoms with Crippen molar-refractivity contribution in [3.63, 3.8) is 0 Å². The lowest BCUT2D eigenvalue weighted by atomic mass is 10.2. The molecule has 0 aromatic heterocycles. The molecule has 1 heterocycles. The molecule has 26 heavy (non-hydrogen) atoms. The van der Waals surface area contributed by atoms with Crippen LogP contribution < -0.4 is 9.64 Å². The van der Waals surface area contributed by atoms with Crippen LogP contribution >= 0.6 is 15.9 Å². The number of nitrogens with zero attached hydrogens (tertiary/aromatic N) is 2.